The molecule has 162 valence electrons. The Bertz CT molecular complexity index is 1430. The van der Waals surface area contributed by atoms with E-state index in [9.17, 15) is 15.3 Å². The summed E-state index contributed by atoms with van der Waals surface area (Å²) in [6.07, 6.45) is 3.16. The van der Waals surface area contributed by atoms with Crippen molar-refractivity contribution in [3.63, 3.8) is 0 Å². The highest BCUT2D eigenvalue weighted by Gasteiger charge is 2.18. The third-order valence-electron chi connectivity index (χ3n) is 5.18. The van der Waals surface area contributed by atoms with Gasteiger partial charge in [0, 0.05) is 30.7 Å². The fourth-order valence-corrected chi connectivity index (χ4v) is 3.65. The number of H-pyrrole nitrogens is 1. The fraction of sp³-hybridized carbons (Fsp3) is 0.160. The molecule has 0 radical (unpaired) electrons. The van der Waals surface area contributed by atoms with Gasteiger partial charge in [0.2, 0.25) is 0 Å². The lowest BCUT2D eigenvalue weighted by atomic mass is 10.1. The van der Waals surface area contributed by atoms with Gasteiger partial charge >= 0.3 is 0 Å². The Morgan fingerprint density at radius 2 is 1.94 bits per heavy atom. The molecule has 0 aliphatic rings. The lowest BCUT2D eigenvalue weighted by Crippen LogP contribution is -2.26. The molecule has 2 aromatic heterocycles. The molecule has 0 saturated heterocycles. The van der Waals surface area contributed by atoms with Crippen LogP contribution in [0.15, 0.2) is 54.9 Å². The molecule has 8 nitrogen and oxygen atoms in total. The summed E-state index contributed by atoms with van der Waals surface area (Å²) in [7, 11) is 1.69. The largest absolute Gasteiger partial charge is 0.492 e. The number of carbonyl (C=O) groups is 1. The predicted molar refractivity (Wildman–Crippen MR) is 122 cm³/mol. The van der Waals surface area contributed by atoms with Crippen molar-refractivity contribution in [1.29, 1.82) is 10.5 Å². The minimum absolute atomic E-state index is 0.240. The van der Waals surface area contributed by atoms with Crippen LogP contribution in [0.3, 0.4) is 0 Å². The van der Waals surface area contributed by atoms with Gasteiger partial charge in [-0.25, -0.2) is 0 Å². The summed E-state index contributed by atoms with van der Waals surface area (Å²) in [6, 6.07) is 16.5. The summed E-state index contributed by atoms with van der Waals surface area (Å²) in [6.45, 7) is 2.54. The summed E-state index contributed by atoms with van der Waals surface area (Å²) >= 11 is 0. The van der Waals surface area contributed by atoms with Gasteiger partial charge in [-0.3, -0.25) is 14.9 Å². The maximum absolute atomic E-state index is 13.2. The third kappa shape index (κ3) is 4.36. The SMILES string of the molecule is CCOc1cc(C(=O)N(C)Cc2cc(C#N)cc3cn[nH]c23)cnc1-c1cccc(C#N)c1. The van der Waals surface area contributed by atoms with Gasteiger partial charge in [-0.15, -0.1) is 0 Å². The highest BCUT2D eigenvalue weighted by atomic mass is 16.5. The van der Waals surface area contributed by atoms with E-state index in [4.69, 9.17) is 4.74 Å². The van der Waals surface area contributed by atoms with E-state index in [1.807, 2.05) is 13.0 Å². The molecule has 0 bridgehead atoms. The molecule has 0 aliphatic carbocycles. The van der Waals surface area contributed by atoms with Crippen molar-refractivity contribution in [2.75, 3.05) is 13.7 Å². The second kappa shape index (κ2) is 9.21. The van der Waals surface area contributed by atoms with Crippen LogP contribution in [-0.2, 0) is 6.54 Å². The maximum atomic E-state index is 13.2. The number of nitrogens with zero attached hydrogens (tertiary/aromatic N) is 5. The van der Waals surface area contributed by atoms with Crippen molar-refractivity contribution in [3.05, 3.63) is 77.1 Å². The minimum atomic E-state index is -0.240. The van der Waals surface area contributed by atoms with Crippen molar-refractivity contribution < 1.29 is 9.53 Å². The van der Waals surface area contributed by atoms with E-state index < -0.39 is 0 Å². The molecule has 0 unspecified atom stereocenters. The normalized spacial score (nSPS) is 10.4. The average molecular weight is 436 g/mol. The quantitative estimate of drug-likeness (QED) is 0.487. The zero-order valence-corrected chi connectivity index (χ0v) is 18.2. The second-order valence-corrected chi connectivity index (χ2v) is 7.44. The van der Waals surface area contributed by atoms with E-state index in [1.54, 1.807) is 54.5 Å². The summed E-state index contributed by atoms with van der Waals surface area (Å²) in [4.78, 5) is 19.2. The van der Waals surface area contributed by atoms with E-state index in [0.717, 1.165) is 22.0 Å². The summed E-state index contributed by atoms with van der Waals surface area (Å²) in [5, 5.41) is 26.3. The molecular weight excluding hydrogens is 416 g/mol. The lowest BCUT2D eigenvalue weighted by Gasteiger charge is -2.19. The number of hydrogen-bond donors (Lipinski definition) is 1. The predicted octanol–water partition coefficient (Wildman–Crippen LogP) is 4.04. The maximum Gasteiger partial charge on any atom is 0.255 e. The van der Waals surface area contributed by atoms with Gasteiger partial charge < -0.3 is 9.64 Å². The lowest BCUT2D eigenvalue weighted by molar-refractivity contribution is 0.0784. The topological polar surface area (TPSA) is 119 Å². The first-order chi connectivity index (χ1) is 16.0. The van der Waals surface area contributed by atoms with Crippen LogP contribution in [0, 0.1) is 22.7 Å². The Morgan fingerprint density at radius 3 is 2.70 bits per heavy atom. The molecule has 4 aromatic rings. The molecular formula is C25H20N6O2. The first kappa shape index (κ1) is 21.5. The smallest absolute Gasteiger partial charge is 0.255 e. The number of rotatable bonds is 6. The van der Waals surface area contributed by atoms with Crippen molar-refractivity contribution in [2.24, 2.45) is 0 Å². The van der Waals surface area contributed by atoms with Gasteiger partial charge in [0.1, 0.15) is 11.4 Å². The number of amides is 1. The summed E-state index contributed by atoms with van der Waals surface area (Å²) in [5.41, 5.74) is 4.27. The Kier molecular flexibility index (Phi) is 6.01. The number of fused-ring (bicyclic) bond motifs is 1. The zero-order valence-electron chi connectivity index (χ0n) is 18.2. The van der Waals surface area contributed by atoms with Crippen molar-refractivity contribution >= 4 is 16.8 Å². The number of benzene rings is 2. The molecule has 0 atom stereocenters. The number of nitriles is 2. The Labute approximate surface area is 190 Å². The van der Waals surface area contributed by atoms with Crippen LogP contribution in [0.2, 0.25) is 0 Å². The number of hydrogen-bond acceptors (Lipinski definition) is 6. The second-order valence-electron chi connectivity index (χ2n) is 7.44. The molecule has 1 N–H and O–H groups in total. The highest BCUT2D eigenvalue weighted by molar-refractivity contribution is 5.95. The van der Waals surface area contributed by atoms with Crippen LogP contribution in [0.1, 0.15) is 34.0 Å². The Hall–Kier alpha value is -4.69. The summed E-state index contributed by atoms with van der Waals surface area (Å²) in [5.74, 6) is 0.227. The molecule has 0 fully saturated rings. The third-order valence-corrected chi connectivity index (χ3v) is 5.18. The van der Waals surface area contributed by atoms with Crippen LogP contribution < -0.4 is 4.74 Å². The molecule has 0 spiro atoms. The van der Waals surface area contributed by atoms with E-state index in [-0.39, 0.29) is 12.5 Å². The first-order valence-corrected chi connectivity index (χ1v) is 10.3. The highest BCUT2D eigenvalue weighted by Crippen LogP contribution is 2.30. The molecule has 2 heterocycles. The van der Waals surface area contributed by atoms with E-state index >= 15 is 0 Å². The van der Waals surface area contributed by atoms with Gasteiger partial charge in [0.15, 0.2) is 0 Å². The van der Waals surface area contributed by atoms with Crippen molar-refractivity contribution in [3.8, 4) is 29.1 Å². The Morgan fingerprint density at radius 1 is 1.12 bits per heavy atom. The van der Waals surface area contributed by atoms with E-state index in [0.29, 0.717) is 34.7 Å². The van der Waals surface area contributed by atoms with Crippen molar-refractivity contribution in [1.82, 2.24) is 20.1 Å². The Balaban J connectivity index is 1.64. The molecule has 2 aromatic carbocycles. The number of ether oxygens (including phenoxy) is 1. The summed E-state index contributed by atoms with van der Waals surface area (Å²) < 4.78 is 5.77. The molecule has 33 heavy (non-hydrogen) atoms. The molecule has 1 amide bonds. The fourth-order valence-electron chi connectivity index (χ4n) is 3.65. The molecule has 4 rings (SSSR count). The first-order valence-electron chi connectivity index (χ1n) is 10.3. The zero-order chi connectivity index (χ0) is 23.4. The molecule has 0 saturated carbocycles. The van der Waals surface area contributed by atoms with Crippen LogP contribution in [0.25, 0.3) is 22.2 Å². The van der Waals surface area contributed by atoms with Gasteiger partial charge in [-0.2, -0.15) is 15.6 Å². The van der Waals surface area contributed by atoms with Crippen LogP contribution in [-0.4, -0.2) is 39.6 Å². The van der Waals surface area contributed by atoms with Crippen LogP contribution in [0.4, 0.5) is 0 Å². The van der Waals surface area contributed by atoms with Gasteiger partial charge in [0.25, 0.3) is 5.91 Å². The number of aromatic amines is 1. The molecule has 0 aliphatic heterocycles. The van der Waals surface area contributed by atoms with Gasteiger partial charge in [-0.05, 0) is 42.8 Å². The average Bonchev–Trinajstić information content (AvgIpc) is 3.32. The van der Waals surface area contributed by atoms with Gasteiger partial charge in [-0.1, -0.05) is 12.1 Å². The van der Waals surface area contributed by atoms with Crippen molar-refractivity contribution in [2.45, 2.75) is 13.5 Å². The number of pyridine rings is 1. The van der Waals surface area contributed by atoms with E-state index in [1.165, 1.54) is 6.20 Å². The standard InChI is InChI=1S/C25H20N6O2/c1-3-33-22-10-20(13-28-24(22)18-6-4-5-16(7-18)11-26)25(32)31(2)15-21-9-17(12-27)8-19-14-29-30-23(19)21/h4-10,13-14H,3,15H2,1-2H3,(H,29,30). The van der Waals surface area contributed by atoms with E-state index in [2.05, 4.69) is 27.3 Å². The minimum Gasteiger partial charge on any atom is -0.492 e. The number of aromatic nitrogens is 3. The number of carbonyl (C=O) groups excluding carboxylic acids is 1. The number of nitrogens with one attached hydrogen (secondary N) is 1. The van der Waals surface area contributed by atoms with Crippen LogP contribution in [0.5, 0.6) is 5.75 Å². The monoisotopic (exact) mass is 436 g/mol. The molecule has 8 heteroatoms. The van der Waals surface area contributed by atoms with Gasteiger partial charge in [0.05, 0.1) is 47.1 Å². The van der Waals surface area contributed by atoms with Crippen LogP contribution >= 0.6 is 0 Å².